The highest BCUT2D eigenvalue weighted by atomic mass is 19.4. The van der Waals surface area contributed by atoms with Gasteiger partial charge in [-0.3, -0.25) is 9.69 Å². The SMILES string of the molecule is COc1ccc(-c2noc(CN3CCN(C(=O)c4cccc(C(F)(F)F)c4)CC3)n2)cc1. The third-order valence-corrected chi connectivity index (χ3v) is 5.27. The van der Waals surface area contributed by atoms with Crippen LogP contribution in [0.1, 0.15) is 21.8 Å². The number of hydrogen-bond donors (Lipinski definition) is 0. The molecule has 0 aliphatic carbocycles. The number of halogens is 3. The lowest BCUT2D eigenvalue weighted by Gasteiger charge is -2.34. The number of aromatic nitrogens is 2. The molecule has 0 unspecified atom stereocenters. The largest absolute Gasteiger partial charge is 0.497 e. The molecule has 0 spiro atoms. The summed E-state index contributed by atoms with van der Waals surface area (Å²) >= 11 is 0. The summed E-state index contributed by atoms with van der Waals surface area (Å²) in [7, 11) is 1.59. The number of benzene rings is 2. The number of nitrogens with zero attached hydrogens (tertiary/aromatic N) is 4. The third kappa shape index (κ3) is 4.91. The van der Waals surface area contributed by atoms with Gasteiger partial charge in [-0.1, -0.05) is 11.2 Å². The van der Waals surface area contributed by atoms with Crippen molar-refractivity contribution in [3.63, 3.8) is 0 Å². The van der Waals surface area contributed by atoms with E-state index in [-0.39, 0.29) is 5.56 Å². The van der Waals surface area contributed by atoms with Crippen LogP contribution in [0, 0.1) is 0 Å². The van der Waals surface area contributed by atoms with Crippen LogP contribution in [-0.2, 0) is 12.7 Å². The van der Waals surface area contributed by atoms with E-state index in [1.165, 1.54) is 12.1 Å². The summed E-state index contributed by atoms with van der Waals surface area (Å²) in [5.74, 6) is 1.25. The van der Waals surface area contributed by atoms with E-state index in [2.05, 4.69) is 15.0 Å². The lowest BCUT2D eigenvalue weighted by Crippen LogP contribution is -2.48. The molecule has 32 heavy (non-hydrogen) atoms. The molecule has 2 aromatic carbocycles. The number of piperazine rings is 1. The van der Waals surface area contributed by atoms with Gasteiger partial charge in [-0.2, -0.15) is 18.2 Å². The monoisotopic (exact) mass is 446 g/mol. The van der Waals surface area contributed by atoms with Crippen molar-refractivity contribution in [1.29, 1.82) is 0 Å². The van der Waals surface area contributed by atoms with Gasteiger partial charge < -0.3 is 14.2 Å². The number of methoxy groups -OCH3 is 1. The molecule has 1 aliphatic rings. The van der Waals surface area contributed by atoms with Gasteiger partial charge in [0.1, 0.15) is 5.75 Å². The lowest BCUT2D eigenvalue weighted by atomic mass is 10.1. The van der Waals surface area contributed by atoms with Crippen LogP contribution in [-0.4, -0.2) is 59.1 Å². The molecule has 7 nitrogen and oxygen atoms in total. The second kappa shape index (κ2) is 8.99. The number of amides is 1. The quantitative estimate of drug-likeness (QED) is 0.595. The van der Waals surface area contributed by atoms with Crippen molar-refractivity contribution in [2.45, 2.75) is 12.7 Å². The highest BCUT2D eigenvalue weighted by molar-refractivity contribution is 5.94. The van der Waals surface area contributed by atoms with Crippen molar-refractivity contribution in [2.24, 2.45) is 0 Å². The summed E-state index contributed by atoms with van der Waals surface area (Å²) in [6, 6.07) is 11.8. The Balaban J connectivity index is 1.33. The van der Waals surface area contributed by atoms with Crippen LogP contribution in [0.3, 0.4) is 0 Å². The smallest absolute Gasteiger partial charge is 0.416 e. The highest BCUT2D eigenvalue weighted by Crippen LogP contribution is 2.30. The Kier molecular flexibility index (Phi) is 6.13. The minimum Gasteiger partial charge on any atom is -0.497 e. The molecule has 1 aliphatic heterocycles. The maximum atomic E-state index is 12.9. The average molecular weight is 446 g/mol. The maximum absolute atomic E-state index is 12.9. The number of rotatable bonds is 5. The minimum absolute atomic E-state index is 0.0364. The Morgan fingerprint density at radius 3 is 2.47 bits per heavy atom. The van der Waals surface area contributed by atoms with Gasteiger partial charge in [0.2, 0.25) is 11.7 Å². The molecule has 0 saturated carbocycles. The summed E-state index contributed by atoms with van der Waals surface area (Å²) in [4.78, 5) is 20.7. The van der Waals surface area contributed by atoms with E-state index in [9.17, 15) is 18.0 Å². The number of alkyl halides is 3. The van der Waals surface area contributed by atoms with E-state index >= 15 is 0 Å². The molecule has 2 heterocycles. The van der Waals surface area contributed by atoms with Crippen LogP contribution in [0.15, 0.2) is 53.1 Å². The standard InChI is InChI=1S/C22H21F3N4O3/c1-31-18-7-5-15(6-8-18)20-26-19(32-27-20)14-28-9-11-29(12-10-28)21(30)16-3-2-4-17(13-16)22(23,24)25/h2-8,13H,9-12,14H2,1H3. The molecule has 1 aromatic heterocycles. The van der Waals surface area contributed by atoms with E-state index < -0.39 is 17.6 Å². The molecule has 168 valence electrons. The van der Waals surface area contributed by atoms with Crippen LogP contribution in [0.4, 0.5) is 13.2 Å². The predicted molar refractivity (Wildman–Crippen MR) is 109 cm³/mol. The first kappa shape index (κ1) is 21.8. The average Bonchev–Trinajstić information content (AvgIpc) is 3.27. The normalized spacial score (nSPS) is 15.1. The van der Waals surface area contributed by atoms with E-state index in [4.69, 9.17) is 9.26 Å². The fourth-order valence-corrected chi connectivity index (χ4v) is 3.49. The van der Waals surface area contributed by atoms with E-state index in [0.29, 0.717) is 44.4 Å². The topological polar surface area (TPSA) is 71.7 Å². The van der Waals surface area contributed by atoms with Gasteiger partial charge in [-0.15, -0.1) is 0 Å². The van der Waals surface area contributed by atoms with Crippen LogP contribution >= 0.6 is 0 Å². The Labute approximate surface area is 182 Å². The second-order valence-corrected chi connectivity index (χ2v) is 7.39. The number of carbonyl (C=O) groups excluding carboxylic acids is 1. The summed E-state index contributed by atoms with van der Waals surface area (Å²) in [6.45, 7) is 2.31. The first-order valence-electron chi connectivity index (χ1n) is 9.99. The van der Waals surface area contributed by atoms with Crippen molar-refractivity contribution in [1.82, 2.24) is 19.9 Å². The van der Waals surface area contributed by atoms with Crippen LogP contribution in [0.5, 0.6) is 5.75 Å². The zero-order valence-electron chi connectivity index (χ0n) is 17.3. The molecule has 0 N–H and O–H groups in total. The molecule has 4 rings (SSSR count). The molecule has 10 heteroatoms. The lowest BCUT2D eigenvalue weighted by molar-refractivity contribution is -0.137. The zero-order chi connectivity index (χ0) is 22.7. The van der Waals surface area contributed by atoms with Gasteiger partial charge in [0.15, 0.2) is 0 Å². The van der Waals surface area contributed by atoms with Gasteiger partial charge >= 0.3 is 6.18 Å². The number of carbonyl (C=O) groups is 1. The van der Waals surface area contributed by atoms with E-state index in [1.807, 2.05) is 24.3 Å². The summed E-state index contributed by atoms with van der Waals surface area (Å²) in [5.41, 5.74) is 0.0117. The van der Waals surface area contributed by atoms with Gasteiger partial charge in [0, 0.05) is 37.3 Å². The molecule has 1 amide bonds. The minimum atomic E-state index is -4.48. The fourth-order valence-electron chi connectivity index (χ4n) is 3.49. The molecule has 1 saturated heterocycles. The molecule has 0 atom stereocenters. The second-order valence-electron chi connectivity index (χ2n) is 7.39. The Hall–Kier alpha value is -3.40. The molecule has 3 aromatic rings. The first-order chi connectivity index (χ1) is 15.3. The summed E-state index contributed by atoms with van der Waals surface area (Å²) in [5, 5.41) is 4.01. The van der Waals surface area contributed by atoms with Crippen molar-refractivity contribution in [3.05, 3.63) is 65.5 Å². The maximum Gasteiger partial charge on any atom is 0.416 e. The van der Waals surface area contributed by atoms with Crippen molar-refractivity contribution >= 4 is 5.91 Å². The molecular formula is C22H21F3N4O3. The van der Waals surface area contributed by atoms with Gasteiger partial charge in [0.05, 0.1) is 19.2 Å². The summed E-state index contributed by atoms with van der Waals surface area (Å²) < 4.78 is 49.2. The van der Waals surface area contributed by atoms with Crippen molar-refractivity contribution < 1.29 is 27.2 Å². The van der Waals surface area contributed by atoms with E-state index in [1.54, 1.807) is 12.0 Å². The fraction of sp³-hybridized carbons (Fsp3) is 0.318. The van der Waals surface area contributed by atoms with Gasteiger partial charge in [-0.25, -0.2) is 0 Å². The van der Waals surface area contributed by atoms with Crippen molar-refractivity contribution in [2.75, 3.05) is 33.3 Å². The van der Waals surface area contributed by atoms with E-state index in [0.717, 1.165) is 23.4 Å². The first-order valence-corrected chi connectivity index (χ1v) is 9.99. The van der Waals surface area contributed by atoms with Crippen LogP contribution in [0.2, 0.25) is 0 Å². The van der Waals surface area contributed by atoms with Gasteiger partial charge in [-0.05, 0) is 42.5 Å². The third-order valence-electron chi connectivity index (χ3n) is 5.27. The summed E-state index contributed by atoms with van der Waals surface area (Å²) in [6.07, 6.45) is -4.48. The predicted octanol–water partition coefficient (Wildman–Crippen LogP) is 3.72. The molecular weight excluding hydrogens is 425 g/mol. The Bertz CT molecular complexity index is 1070. The van der Waals surface area contributed by atoms with Crippen LogP contribution in [0.25, 0.3) is 11.4 Å². The Morgan fingerprint density at radius 2 is 1.81 bits per heavy atom. The van der Waals surface area contributed by atoms with Gasteiger partial charge in [0.25, 0.3) is 5.91 Å². The van der Waals surface area contributed by atoms with Crippen LogP contribution < -0.4 is 4.74 Å². The van der Waals surface area contributed by atoms with Crippen molar-refractivity contribution in [3.8, 4) is 17.1 Å². The Morgan fingerprint density at radius 1 is 1.09 bits per heavy atom. The molecule has 0 bridgehead atoms. The molecule has 1 fully saturated rings. The number of ether oxygens (including phenoxy) is 1. The number of hydrogen-bond acceptors (Lipinski definition) is 6. The zero-order valence-corrected chi connectivity index (χ0v) is 17.3. The molecule has 0 radical (unpaired) electrons. The highest BCUT2D eigenvalue weighted by Gasteiger charge is 2.31.